The van der Waals surface area contributed by atoms with Crippen LogP contribution in [0.3, 0.4) is 0 Å². The number of hydrogen-bond acceptors (Lipinski definition) is 1. The Morgan fingerprint density at radius 2 is 1.95 bits per heavy atom. The topological polar surface area (TPSA) is 42.2 Å². The molecule has 0 aliphatic heterocycles. The minimum Gasteiger partial charge on any atom is -0.478 e. The van der Waals surface area contributed by atoms with Crippen LogP contribution in [-0.2, 0) is 6.54 Å². The second kappa shape index (κ2) is 4.72. The summed E-state index contributed by atoms with van der Waals surface area (Å²) in [5.74, 6) is -0.419. The number of aromatic nitrogens is 1. The number of nitrogens with zero attached hydrogens (tertiary/aromatic N) is 1. The highest BCUT2D eigenvalue weighted by molar-refractivity contribution is 5.97. The highest BCUT2D eigenvalue weighted by Crippen LogP contribution is 2.33. The SMILES string of the molecule is CCn1c(C)c(C(C)C)c2cc(C)c(C(=O)O)cc21. The van der Waals surface area contributed by atoms with Crippen LogP contribution in [0.25, 0.3) is 10.9 Å². The van der Waals surface area contributed by atoms with Crippen molar-refractivity contribution in [3.05, 3.63) is 34.5 Å². The molecule has 0 radical (unpaired) electrons. The van der Waals surface area contributed by atoms with E-state index in [1.54, 1.807) is 0 Å². The van der Waals surface area contributed by atoms with Crippen LogP contribution in [0.15, 0.2) is 12.1 Å². The second-order valence-corrected chi connectivity index (χ2v) is 5.39. The minimum atomic E-state index is -0.855. The summed E-state index contributed by atoms with van der Waals surface area (Å²) in [6.07, 6.45) is 0. The van der Waals surface area contributed by atoms with Gasteiger partial charge in [-0.3, -0.25) is 0 Å². The summed E-state index contributed by atoms with van der Waals surface area (Å²) in [5.41, 5.74) is 4.84. The molecule has 3 heteroatoms. The standard InChI is InChI=1S/C16H21NO2/c1-6-17-11(5)15(9(2)3)13-7-10(4)12(16(18)19)8-14(13)17/h7-9H,6H2,1-5H3,(H,18,19). The Morgan fingerprint density at radius 1 is 1.32 bits per heavy atom. The van der Waals surface area contributed by atoms with Gasteiger partial charge < -0.3 is 9.67 Å². The highest BCUT2D eigenvalue weighted by atomic mass is 16.4. The summed E-state index contributed by atoms with van der Waals surface area (Å²) in [5, 5.41) is 10.5. The van der Waals surface area contributed by atoms with Crippen LogP contribution in [-0.4, -0.2) is 15.6 Å². The van der Waals surface area contributed by atoms with Gasteiger partial charge in [0, 0.05) is 23.1 Å². The van der Waals surface area contributed by atoms with Gasteiger partial charge in [-0.25, -0.2) is 4.79 Å². The lowest BCUT2D eigenvalue weighted by Gasteiger charge is -2.07. The molecule has 1 heterocycles. The molecular formula is C16H21NO2. The Morgan fingerprint density at radius 3 is 2.42 bits per heavy atom. The van der Waals surface area contributed by atoms with E-state index in [1.165, 1.54) is 16.6 Å². The summed E-state index contributed by atoms with van der Waals surface area (Å²) in [7, 11) is 0. The maximum absolute atomic E-state index is 11.3. The maximum atomic E-state index is 11.3. The van der Waals surface area contributed by atoms with Gasteiger partial charge in [-0.1, -0.05) is 13.8 Å². The molecule has 0 fully saturated rings. The molecule has 0 bridgehead atoms. The van der Waals surface area contributed by atoms with Crippen molar-refractivity contribution in [1.82, 2.24) is 4.57 Å². The van der Waals surface area contributed by atoms with Gasteiger partial charge in [0.2, 0.25) is 0 Å². The summed E-state index contributed by atoms with van der Waals surface area (Å²) in [6.45, 7) is 11.3. The maximum Gasteiger partial charge on any atom is 0.336 e. The molecular weight excluding hydrogens is 238 g/mol. The number of rotatable bonds is 3. The molecule has 19 heavy (non-hydrogen) atoms. The van der Waals surface area contributed by atoms with E-state index >= 15 is 0 Å². The Balaban J connectivity index is 2.90. The first-order valence-corrected chi connectivity index (χ1v) is 6.75. The summed E-state index contributed by atoms with van der Waals surface area (Å²) in [6, 6.07) is 3.84. The van der Waals surface area contributed by atoms with Crippen molar-refractivity contribution in [2.75, 3.05) is 0 Å². The molecule has 102 valence electrons. The zero-order valence-corrected chi connectivity index (χ0v) is 12.2. The molecule has 0 aliphatic rings. The average Bonchev–Trinajstić information content (AvgIpc) is 2.58. The van der Waals surface area contributed by atoms with Crippen LogP contribution < -0.4 is 0 Å². The number of carboxylic acids is 1. The fourth-order valence-corrected chi connectivity index (χ4v) is 3.02. The summed E-state index contributed by atoms with van der Waals surface area (Å²) < 4.78 is 2.20. The molecule has 3 nitrogen and oxygen atoms in total. The number of aryl methyl sites for hydroxylation is 2. The van der Waals surface area contributed by atoms with Crippen molar-refractivity contribution < 1.29 is 9.90 Å². The lowest BCUT2D eigenvalue weighted by Crippen LogP contribution is -2.01. The lowest BCUT2D eigenvalue weighted by atomic mass is 9.97. The summed E-state index contributed by atoms with van der Waals surface area (Å²) in [4.78, 5) is 11.3. The Labute approximate surface area is 113 Å². The predicted octanol–water partition coefficient (Wildman–Crippen LogP) is 4.10. The third-order valence-electron chi connectivity index (χ3n) is 3.84. The Kier molecular flexibility index (Phi) is 3.40. The number of carboxylic acid groups (broad SMARTS) is 1. The zero-order valence-electron chi connectivity index (χ0n) is 12.2. The monoisotopic (exact) mass is 259 g/mol. The van der Waals surface area contributed by atoms with Crippen LogP contribution in [0.1, 0.15) is 53.9 Å². The third-order valence-corrected chi connectivity index (χ3v) is 3.84. The molecule has 2 aromatic rings. The molecule has 0 amide bonds. The highest BCUT2D eigenvalue weighted by Gasteiger charge is 2.18. The first kappa shape index (κ1) is 13.7. The molecule has 0 saturated heterocycles. The van der Waals surface area contributed by atoms with Crippen LogP contribution in [0, 0.1) is 13.8 Å². The molecule has 0 saturated carbocycles. The van der Waals surface area contributed by atoms with E-state index in [1.807, 2.05) is 19.1 Å². The van der Waals surface area contributed by atoms with Crippen LogP contribution in [0.5, 0.6) is 0 Å². The van der Waals surface area contributed by atoms with E-state index in [2.05, 4.69) is 32.3 Å². The quantitative estimate of drug-likeness (QED) is 0.901. The fourth-order valence-electron chi connectivity index (χ4n) is 3.02. The minimum absolute atomic E-state index is 0.398. The van der Waals surface area contributed by atoms with E-state index in [-0.39, 0.29) is 0 Å². The van der Waals surface area contributed by atoms with Gasteiger partial charge >= 0.3 is 5.97 Å². The van der Waals surface area contributed by atoms with Gasteiger partial charge in [0.25, 0.3) is 0 Å². The molecule has 0 unspecified atom stereocenters. The van der Waals surface area contributed by atoms with Crippen molar-refractivity contribution >= 4 is 16.9 Å². The smallest absolute Gasteiger partial charge is 0.336 e. The van der Waals surface area contributed by atoms with E-state index < -0.39 is 5.97 Å². The normalized spacial score (nSPS) is 11.5. The van der Waals surface area contributed by atoms with E-state index in [0.717, 1.165) is 17.6 Å². The number of aromatic carboxylic acids is 1. The molecule has 1 N–H and O–H groups in total. The Hall–Kier alpha value is -1.77. The van der Waals surface area contributed by atoms with Crippen molar-refractivity contribution in [3.63, 3.8) is 0 Å². The van der Waals surface area contributed by atoms with Gasteiger partial charge in [-0.15, -0.1) is 0 Å². The third kappa shape index (κ3) is 2.03. The second-order valence-electron chi connectivity index (χ2n) is 5.39. The molecule has 1 aromatic carbocycles. The van der Waals surface area contributed by atoms with Gasteiger partial charge in [0.15, 0.2) is 0 Å². The van der Waals surface area contributed by atoms with Crippen molar-refractivity contribution in [2.24, 2.45) is 0 Å². The van der Waals surface area contributed by atoms with Crippen molar-refractivity contribution in [2.45, 2.75) is 47.1 Å². The van der Waals surface area contributed by atoms with Crippen LogP contribution in [0.2, 0.25) is 0 Å². The average molecular weight is 259 g/mol. The Bertz CT molecular complexity index is 651. The first-order valence-electron chi connectivity index (χ1n) is 6.75. The number of hydrogen-bond donors (Lipinski definition) is 1. The number of benzene rings is 1. The van der Waals surface area contributed by atoms with E-state index in [4.69, 9.17) is 0 Å². The van der Waals surface area contributed by atoms with Crippen LogP contribution >= 0.6 is 0 Å². The van der Waals surface area contributed by atoms with Gasteiger partial charge in [0.1, 0.15) is 0 Å². The molecule has 2 rings (SSSR count). The number of fused-ring (bicyclic) bond motifs is 1. The van der Waals surface area contributed by atoms with Crippen LogP contribution in [0.4, 0.5) is 0 Å². The van der Waals surface area contributed by atoms with E-state index in [0.29, 0.717) is 11.5 Å². The first-order chi connectivity index (χ1) is 8.88. The summed E-state index contributed by atoms with van der Waals surface area (Å²) >= 11 is 0. The van der Waals surface area contributed by atoms with Crippen molar-refractivity contribution in [1.29, 1.82) is 0 Å². The zero-order chi connectivity index (χ0) is 14.3. The molecule has 0 aliphatic carbocycles. The molecule has 1 aromatic heterocycles. The number of carbonyl (C=O) groups is 1. The van der Waals surface area contributed by atoms with Gasteiger partial charge in [0.05, 0.1) is 5.56 Å². The van der Waals surface area contributed by atoms with Gasteiger partial charge in [-0.05, 0) is 49.9 Å². The largest absolute Gasteiger partial charge is 0.478 e. The van der Waals surface area contributed by atoms with Crippen molar-refractivity contribution in [3.8, 4) is 0 Å². The molecule has 0 atom stereocenters. The van der Waals surface area contributed by atoms with Gasteiger partial charge in [-0.2, -0.15) is 0 Å². The van der Waals surface area contributed by atoms with E-state index in [9.17, 15) is 9.90 Å². The fraction of sp³-hybridized carbons (Fsp3) is 0.438. The lowest BCUT2D eigenvalue weighted by molar-refractivity contribution is 0.0696. The molecule has 0 spiro atoms. The predicted molar refractivity (Wildman–Crippen MR) is 78.1 cm³/mol.